The molecule has 26 heavy (non-hydrogen) atoms. The van der Waals surface area contributed by atoms with Gasteiger partial charge in [-0.15, -0.1) is 0 Å². The second-order valence-corrected chi connectivity index (χ2v) is 6.33. The highest BCUT2D eigenvalue weighted by molar-refractivity contribution is 5.68. The highest BCUT2D eigenvalue weighted by Gasteiger charge is 2.06. The van der Waals surface area contributed by atoms with Crippen molar-refractivity contribution in [1.29, 1.82) is 0 Å². The van der Waals surface area contributed by atoms with Crippen LogP contribution in [0.25, 0.3) is 22.5 Å². The van der Waals surface area contributed by atoms with Crippen molar-refractivity contribution in [2.24, 2.45) is 0 Å². The van der Waals surface area contributed by atoms with Gasteiger partial charge in [0.05, 0.1) is 35.9 Å². The van der Waals surface area contributed by atoms with Crippen LogP contribution in [0.15, 0.2) is 60.9 Å². The predicted molar refractivity (Wildman–Crippen MR) is 100 cm³/mol. The van der Waals surface area contributed by atoms with Crippen molar-refractivity contribution in [2.45, 2.75) is 26.9 Å². The molecule has 3 heterocycles. The average molecular weight is 344 g/mol. The SMILES string of the molecule is Cc1ccc(-c2cccc(-c3ccn(CCn4ccc(C)n4)n3)c2)nn1. The molecule has 6 heteroatoms. The molecule has 6 nitrogen and oxygen atoms in total. The smallest absolute Gasteiger partial charge is 0.0930 e. The molecule has 130 valence electrons. The van der Waals surface area contributed by atoms with Crippen molar-refractivity contribution in [3.05, 3.63) is 72.3 Å². The monoisotopic (exact) mass is 344 g/mol. The Morgan fingerprint density at radius 2 is 1.42 bits per heavy atom. The standard InChI is InChI=1S/C20H20N6/c1-15-6-7-19(22-21-15)17-4-3-5-18(14-17)20-9-11-26(24-20)13-12-25-10-8-16(2)23-25/h3-11,14H,12-13H2,1-2H3. The number of aryl methyl sites for hydroxylation is 4. The van der Waals surface area contributed by atoms with Crippen molar-refractivity contribution in [3.8, 4) is 22.5 Å². The molecule has 4 aromatic rings. The van der Waals surface area contributed by atoms with Gasteiger partial charge in [0.2, 0.25) is 0 Å². The molecule has 0 spiro atoms. The van der Waals surface area contributed by atoms with Crippen LogP contribution in [0.2, 0.25) is 0 Å². The van der Waals surface area contributed by atoms with Gasteiger partial charge in [-0.25, -0.2) is 0 Å². The number of hydrogen-bond acceptors (Lipinski definition) is 4. The Kier molecular flexibility index (Phi) is 4.31. The molecule has 0 aliphatic carbocycles. The maximum Gasteiger partial charge on any atom is 0.0930 e. The minimum Gasteiger partial charge on any atom is -0.271 e. The number of nitrogens with zero attached hydrogens (tertiary/aromatic N) is 6. The lowest BCUT2D eigenvalue weighted by molar-refractivity contribution is 0.499. The molecule has 0 bridgehead atoms. The van der Waals surface area contributed by atoms with Gasteiger partial charge in [-0.3, -0.25) is 9.36 Å². The fourth-order valence-electron chi connectivity index (χ4n) is 2.82. The first-order chi connectivity index (χ1) is 12.7. The van der Waals surface area contributed by atoms with Crippen molar-refractivity contribution >= 4 is 0 Å². The van der Waals surface area contributed by atoms with Crippen LogP contribution in [0.1, 0.15) is 11.4 Å². The Hall–Kier alpha value is -3.28. The van der Waals surface area contributed by atoms with E-state index >= 15 is 0 Å². The van der Waals surface area contributed by atoms with E-state index in [1.54, 1.807) is 0 Å². The third kappa shape index (κ3) is 3.54. The Morgan fingerprint density at radius 1 is 0.692 bits per heavy atom. The molecule has 0 fully saturated rings. The maximum atomic E-state index is 4.69. The highest BCUT2D eigenvalue weighted by atomic mass is 15.3. The van der Waals surface area contributed by atoms with E-state index in [9.17, 15) is 0 Å². The normalized spacial score (nSPS) is 11.0. The van der Waals surface area contributed by atoms with Gasteiger partial charge >= 0.3 is 0 Å². The molecule has 0 saturated heterocycles. The van der Waals surface area contributed by atoms with Crippen molar-refractivity contribution in [2.75, 3.05) is 0 Å². The van der Waals surface area contributed by atoms with E-state index in [1.165, 1.54) is 0 Å². The first kappa shape index (κ1) is 16.2. The lowest BCUT2D eigenvalue weighted by Gasteiger charge is -2.04. The van der Waals surface area contributed by atoms with Gasteiger partial charge in [-0.05, 0) is 44.2 Å². The second-order valence-electron chi connectivity index (χ2n) is 6.33. The molecule has 0 aliphatic heterocycles. The Labute approximate surface area is 152 Å². The van der Waals surface area contributed by atoms with Gasteiger partial charge < -0.3 is 0 Å². The van der Waals surface area contributed by atoms with E-state index in [4.69, 9.17) is 5.10 Å². The third-order valence-corrected chi connectivity index (χ3v) is 4.22. The topological polar surface area (TPSA) is 61.4 Å². The number of aromatic nitrogens is 6. The second kappa shape index (κ2) is 6.92. The van der Waals surface area contributed by atoms with Crippen LogP contribution < -0.4 is 0 Å². The lowest BCUT2D eigenvalue weighted by atomic mass is 10.1. The van der Waals surface area contributed by atoms with Gasteiger partial charge in [-0.1, -0.05) is 18.2 Å². The number of benzene rings is 1. The van der Waals surface area contributed by atoms with E-state index in [2.05, 4.69) is 27.4 Å². The molecular formula is C20H20N6. The number of rotatable bonds is 5. The fraction of sp³-hybridized carbons (Fsp3) is 0.200. The average Bonchev–Trinajstić information content (AvgIpc) is 3.30. The minimum atomic E-state index is 0.782. The molecule has 0 unspecified atom stereocenters. The van der Waals surface area contributed by atoms with E-state index < -0.39 is 0 Å². The van der Waals surface area contributed by atoms with Crippen LogP contribution in [0.5, 0.6) is 0 Å². The Balaban J connectivity index is 1.52. The summed E-state index contributed by atoms with van der Waals surface area (Å²) in [5.41, 5.74) is 5.86. The van der Waals surface area contributed by atoms with Gasteiger partial charge in [0.25, 0.3) is 0 Å². The molecule has 0 radical (unpaired) electrons. The van der Waals surface area contributed by atoms with E-state index in [0.29, 0.717) is 0 Å². The maximum absolute atomic E-state index is 4.69. The molecule has 1 aromatic carbocycles. The zero-order valence-corrected chi connectivity index (χ0v) is 14.9. The summed E-state index contributed by atoms with van der Waals surface area (Å²) in [6.45, 7) is 5.51. The summed E-state index contributed by atoms with van der Waals surface area (Å²) in [6, 6.07) is 16.2. The third-order valence-electron chi connectivity index (χ3n) is 4.22. The Bertz CT molecular complexity index is 1010. The Morgan fingerprint density at radius 3 is 2.12 bits per heavy atom. The summed E-state index contributed by atoms with van der Waals surface area (Å²) < 4.78 is 3.89. The molecule has 0 saturated carbocycles. The van der Waals surface area contributed by atoms with Gasteiger partial charge in [0, 0.05) is 23.5 Å². The highest BCUT2D eigenvalue weighted by Crippen LogP contribution is 2.24. The van der Waals surface area contributed by atoms with Crippen LogP contribution in [0, 0.1) is 13.8 Å². The summed E-state index contributed by atoms with van der Waals surface area (Å²) in [6.07, 6.45) is 4.00. The van der Waals surface area contributed by atoms with Crippen LogP contribution in [-0.4, -0.2) is 29.8 Å². The summed E-state index contributed by atoms with van der Waals surface area (Å²) in [5.74, 6) is 0. The summed E-state index contributed by atoms with van der Waals surface area (Å²) in [4.78, 5) is 0. The van der Waals surface area contributed by atoms with Crippen molar-refractivity contribution in [3.63, 3.8) is 0 Å². The summed E-state index contributed by atoms with van der Waals surface area (Å²) in [5, 5.41) is 17.5. The van der Waals surface area contributed by atoms with Crippen LogP contribution in [-0.2, 0) is 13.1 Å². The van der Waals surface area contributed by atoms with Gasteiger partial charge in [-0.2, -0.15) is 20.4 Å². The molecule has 4 rings (SSSR count). The molecule has 0 amide bonds. The summed E-state index contributed by atoms with van der Waals surface area (Å²) >= 11 is 0. The minimum absolute atomic E-state index is 0.782. The van der Waals surface area contributed by atoms with E-state index in [1.807, 2.05) is 72.0 Å². The quantitative estimate of drug-likeness (QED) is 0.556. The van der Waals surface area contributed by atoms with Crippen molar-refractivity contribution < 1.29 is 0 Å². The fourth-order valence-corrected chi connectivity index (χ4v) is 2.82. The first-order valence-electron chi connectivity index (χ1n) is 8.62. The van der Waals surface area contributed by atoms with Crippen LogP contribution in [0.4, 0.5) is 0 Å². The zero-order valence-electron chi connectivity index (χ0n) is 14.9. The van der Waals surface area contributed by atoms with Gasteiger partial charge in [0.15, 0.2) is 0 Å². The van der Waals surface area contributed by atoms with Crippen molar-refractivity contribution in [1.82, 2.24) is 29.8 Å². The van der Waals surface area contributed by atoms with Crippen LogP contribution >= 0.6 is 0 Å². The predicted octanol–water partition coefficient (Wildman–Crippen LogP) is 3.52. The number of hydrogen-bond donors (Lipinski definition) is 0. The van der Waals surface area contributed by atoms with Gasteiger partial charge in [0.1, 0.15) is 0 Å². The lowest BCUT2D eigenvalue weighted by Crippen LogP contribution is -2.08. The van der Waals surface area contributed by atoms with E-state index in [0.717, 1.165) is 47.0 Å². The molecular weight excluding hydrogens is 324 g/mol. The zero-order chi connectivity index (χ0) is 17.9. The molecule has 0 aliphatic rings. The first-order valence-corrected chi connectivity index (χ1v) is 8.62. The largest absolute Gasteiger partial charge is 0.271 e. The molecule has 3 aromatic heterocycles. The molecule has 0 N–H and O–H groups in total. The van der Waals surface area contributed by atoms with Crippen LogP contribution in [0.3, 0.4) is 0 Å². The molecule has 0 atom stereocenters. The van der Waals surface area contributed by atoms with E-state index in [-0.39, 0.29) is 0 Å². The summed E-state index contributed by atoms with van der Waals surface area (Å²) in [7, 11) is 0.